The molecule has 0 unspecified atom stereocenters. The van der Waals surface area contributed by atoms with Gasteiger partial charge < -0.3 is 19.5 Å². The van der Waals surface area contributed by atoms with Gasteiger partial charge in [-0.1, -0.05) is 18.7 Å². The number of carbonyl (C=O) groups is 3. The van der Waals surface area contributed by atoms with Crippen LogP contribution in [0, 0.1) is 0 Å². The molecule has 0 radical (unpaired) electrons. The van der Waals surface area contributed by atoms with Gasteiger partial charge in [0.1, 0.15) is 6.61 Å². The van der Waals surface area contributed by atoms with Gasteiger partial charge in [0.15, 0.2) is 17.6 Å². The molecule has 0 bridgehead atoms. The van der Waals surface area contributed by atoms with Crippen molar-refractivity contribution in [3.05, 3.63) is 42.5 Å². The summed E-state index contributed by atoms with van der Waals surface area (Å²) >= 11 is 0. The molecule has 0 aliphatic heterocycles. The lowest BCUT2D eigenvalue weighted by Gasteiger charge is -2.13. The number of esters is 1. The van der Waals surface area contributed by atoms with Crippen molar-refractivity contribution in [1.82, 2.24) is 10.6 Å². The van der Waals surface area contributed by atoms with Crippen molar-refractivity contribution in [2.45, 2.75) is 32.9 Å². The summed E-state index contributed by atoms with van der Waals surface area (Å²) in [7, 11) is 1.51. The Labute approximate surface area is 164 Å². The van der Waals surface area contributed by atoms with E-state index in [1.807, 2.05) is 0 Å². The molecule has 0 saturated carbocycles. The molecule has 0 heterocycles. The Bertz CT molecular complexity index is 742. The van der Waals surface area contributed by atoms with Gasteiger partial charge in [-0.15, -0.1) is 0 Å². The summed E-state index contributed by atoms with van der Waals surface area (Å²) < 4.78 is 15.7. The van der Waals surface area contributed by atoms with Crippen molar-refractivity contribution in [3.8, 4) is 11.5 Å². The number of hydrogen-bond acceptors (Lipinski definition) is 6. The van der Waals surface area contributed by atoms with E-state index in [1.165, 1.54) is 26.2 Å². The van der Waals surface area contributed by atoms with E-state index in [1.54, 1.807) is 38.1 Å². The number of ether oxygens (including phenoxy) is 3. The third-order valence-corrected chi connectivity index (χ3v) is 3.27. The first-order chi connectivity index (χ1) is 13.3. The second-order valence-corrected chi connectivity index (χ2v) is 6.04. The second-order valence-electron chi connectivity index (χ2n) is 6.04. The van der Waals surface area contributed by atoms with Crippen molar-refractivity contribution in [2.75, 3.05) is 13.7 Å². The van der Waals surface area contributed by atoms with Gasteiger partial charge in [-0.3, -0.25) is 10.1 Å². The summed E-state index contributed by atoms with van der Waals surface area (Å²) in [4.78, 5) is 35.2. The first-order valence-electron chi connectivity index (χ1n) is 8.68. The molecule has 0 aromatic heterocycles. The highest BCUT2D eigenvalue weighted by atomic mass is 16.5. The van der Waals surface area contributed by atoms with E-state index in [4.69, 9.17) is 14.2 Å². The highest BCUT2D eigenvalue weighted by Gasteiger charge is 2.19. The third kappa shape index (κ3) is 7.94. The van der Waals surface area contributed by atoms with Gasteiger partial charge in [0.25, 0.3) is 5.91 Å². The van der Waals surface area contributed by atoms with Crippen LogP contribution in [0.5, 0.6) is 11.5 Å². The highest BCUT2D eigenvalue weighted by molar-refractivity contribution is 5.98. The lowest BCUT2D eigenvalue weighted by atomic mass is 10.2. The SMILES string of the molecule is C=CCOc1ccc(/C=C/C(=O)O[C@@H](C)C(=O)NC(=O)NC(C)C)cc1OC. The van der Waals surface area contributed by atoms with Crippen LogP contribution in [0.1, 0.15) is 26.3 Å². The molecule has 3 amide bonds. The van der Waals surface area contributed by atoms with Gasteiger partial charge in [-0.05, 0) is 44.5 Å². The van der Waals surface area contributed by atoms with E-state index >= 15 is 0 Å². The molecule has 8 nitrogen and oxygen atoms in total. The van der Waals surface area contributed by atoms with E-state index in [9.17, 15) is 14.4 Å². The molecular formula is C20H26N2O6. The maximum atomic E-state index is 11.9. The Morgan fingerprint density at radius 3 is 2.50 bits per heavy atom. The Morgan fingerprint density at radius 1 is 1.18 bits per heavy atom. The van der Waals surface area contributed by atoms with Crippen LogP contribution >= 0.6 is 0 Å². The largest absolute Gasteiger partial charge is 0.493 e. The van der Waals surface area contributed by atoms with Crippen LogP contribution in [0.3, 0.4) is 0 Å². The minimum atomic E-state index is -1.13. The first-order valence-corrected chi connectivity index (χ1v) is 8.68. The lowest BCUT2D eigenvalue weighted by Crippen LogP contribution is -2.46. The number of amides is 3. The van der Waals surface area contributed by atoms with Crippen LogP contribution in [-0.4, -0.2) is 43.8 Å². The number of nitrogens with one attached hydrogen (secondary N) is 2. The molecular weight excluding hydrogens is 364 g/mol. The quantitative estimate of drug-likeness (QED) is 0.381. The fourth-order valence-corrected chi connectivity index (χ4v) is 2.00. The van der Waals surface area contributed by atoms with E-state index in [0.29, 0.717) is 23.7 Å². The zero-order valence-corrected chi connectivity index (χ0v) is 16.5. The predicted molar refractivity (Wildman–Crippen MR) is 105 cm³/mol. The van der Waals surface area contributed by atoms with Crippen LogP contribution in [0.25, 0.3) is 6.08 Å². The Balaban J connectivity index is 2.64. The standard InChI is InChI=1S/C20H26N2O6/c1-6-11-27-16-9-7-15(12-17(16)26-5)8-10-18(23)28-14(4)19(24)22-20(25)21-13(2)3/h6-10,12-14H,1,11H2,2-5H3,(H2,21,22,24,25)/b10-8+/t14-/m0/s1. The van der Waals surface area contributed by atoms with Crippen LogP contribution < -0.4 is 20.1 Å². The van der Waals surface area contributed by atoms with Gasteiger partial charge in [-0.2, -0.15) is 0 Å². The Morgan fingerprint density at radius 2 is 1.89 bits per heavy atom. The molecule has 0 aliphatic rings. The predicted octanol–water partition coefficient (Wildman–Crippen LogP) is 2.44. The van der Waals surface area contributed by atoms with Gasteiger partial charge >= 0.3 is 12.0 Å². The maximum absolute atomic E-state index is 11.9. The number of carbonyl (C=O) groups excluding carboxylic acids is 3. The van der Waals surface area contributed by atoms with Crippen molar-refractivity contribution in [2.24, 2.45) is 0 Å². The van der Waals surface area contributed by atoms with Crippen LogP contribution in [-0.2, 0) is 14.3 Å². The zero-order chi connectivity index (χ0) is 21.1. The first kappa shape index (κ1) is 22.8. The Kier molecular flexibility index (Phi) is 9.29. The van der Waals surface area contributed by atoms with E-state index < -0.39 is 24.0 Å². The molecule has 2 N–H and O–H groups in total. The van der Waals surface area contributed by atoms with Crippen molar-refractivity contribution >= 4 is 24.0 Å². The third-order valence-electron chi connectivity index (χ3n) is 3.27. The van der Waals surface area contributed by atoms with Gasteiger partial charge in [0, 0.05) is 12.1 Å². The molecule has 152 valence electrons. The van der Waals surface area contributed by atoms with Gasteiger partial charge in [0.05, 0.1) is 7.11 Å². The minimum Gasteiger partial charge on any atom is -0.493 e. The average molecular weight is 390 g/mol. The molecule has 8 heteroatoms. The van der Waals surface area contributed by atoms with Gasteiger partial charge in [-0.25, -0.2) is 9.59 Å². The number of methoxy groups -OCH3 is 1. The molecule has 0 aliphatic carbocycles. The molecule has 0 fully saturated rings. The van der Waals surface area contributed by atoms with Crippen LogP contribution in [0.15, 0.2) is 36.9 Å². The topological polar surface area (TPSA) is 103 Å². The second kappa shape index (κ2) is 11.4. The number of imide groups is 1. The fraction of sp³-hybridized carbons (Fsp3) is 0.350. The van der Waals surface area contributed by atoms with Crippen LogP contribution in [0.4, 0.5) is 4.79 Å². The van der Waals surface area contributed by atoms with Crippen molar-refractivity contribution < 1.29 is 28.6 Å². The molecule has 1 atom stereocenters. The van der Waals surface area contributed by atoms with Gasteiger partial charge in [0.2, 0.25) is 0 Å². The highest BCUT2D eigenvalue weighted by Crippen LogP contribution is 2.28. The summed E-state index contributed by atoms with van der Waals surface area (Å²) in [6, 6.07) is 4.35. The molecule has 0 saturated heterocycles. The van der Waals surface area contributed by atoms with E-state index in [2.05, 4.69) is 17.2 Å². The smallest absolute Gasteiger partial charge is 0.331 e. The number of urea groups is 1. The summed E-state index contributed by atoms with van der Waals surface area (Å²) in [5.41, 5.74) is 0.674. The van der Waals surface area contributed by atoms with E-state index in [0.717, 1.165) is 0 Å². The molecule has 1 rings (SSSR count). The molecule has 28 heavy (non-hydrogen) atoms. The number of benzene rings is 1. The minimum absolute atomic E-state index is 0.126. The van der Waals surface area contributed by atoms with Crippen molar-refractivity contribution in [1.29, 1.82) is 0 Å². The average Bonchev–Trinajstić information content (AvgIpc) is 2.64. The summed E-state index contributed by atoms with van der Waals surface area (Å²) in [5.74, 6) is -0.392. The Hall–Kier alpha value is -3.29. The maximum Gasteiger partial charge on any atom is 0.331 e. The molecule has 0 spiro atoms. The zero-order valence-electron chi connectivity index (χ0n) is 16.5. The van der Waals surface area contributed by atoms with Crippen LogP contribution in [0.2, 0.25) is 0 Å². The van der Waals surface area contributed by atoms with E-state index in [-0.39, 0.29) is 6.04 Å². The number of rotatable bonds is 9. The number of hydrogen-bond donors (Lipinski definition) is 2. The molecule has 1 aromatic carbocycles. The lowest BCUT2D eigenvalue weighted by molar-refractivity contribution is -0.149. The summed E-state index contributed by atoms with van der Waals surface area (Å²) in [6.45, 7) is 8.81. The monoisotopic (exact) mass is 390 g/mol. The summed E-state index contributed by atoms with van der Waals surface area (Å²) in [5, 5.41) is 4.60. The van der Waals surface area contributed by atoms with Crippen molar-refractivity contribution in [3.63, 3.8) is 0 Å². The summed E-state index contributed by atoms with van der Waals surface area (Å²) in [6.07, 6.45) is 3.18. The molecule has 1 aromatic rings. The normalized spacial score (nSPS) is 11.6. The fourth-order valence-electron chi connectivity index (χ4n) is 2.00.